The van der Waals surface area contributed by atoms with Gasteiger partial charge in [0.15, 0.2) is 0 Å². The first-order valence-electron chi connectivity index (χ1n) is 8.55. The van der Waals surface area contributed by atoms with Crippen molar-refractivity contribution in [1.82, 2.24) is 10.3 Å². The molecule has 0 radical (unpaired) electrons. The highest BCUT2D eigenvalue weighted by Crippen LogP contribution is 2.17. The number of nitrogens with zero attached hydrogens (tertiary/aromatic N) is 1. The number of rotatable bonds is 8. The summed E-state index contributed by atoms with van der Waals surface area (Å²) in [5, 5.41) is 2.74. The van der Waals surface area contributed by atoms with Crippen molar-refractivity contribution in [3.05, 3.63) is 89.7 Å². The fourth-order valence-corrected chi connectivity index (χ4v) is 2.44. The van der Waals surface area contributed by atoms with Crippen LogP contribution in [0.4, 0.5) is 8.78 Å². The molecule has 0 aliphatic heterocycles. The first-order valence-corrected chi connectivity index (χ1v) is 8.55. The number of pyridine rings is 1. The summed E-state index contributed by atoms with van der Waals surface area (Å²) in [4.78, 5) is 16.4. The molecule has 0 aliphatic carbocycles. The molecule has 0 saturated carbocycles. The van der Waals surface area contributed by atoms with Gasteiger partial charge in [0.05, 0.1) is 5.69 Å². The first kappa shape index (κ1) is 19.3. The number of carbonyl (C=O) groups is 1. The number of halogens is 2. The second-order valence-electron chi connectivity index (χ2n) is 5.84. The minimum Gasteiger partial charge on any atom is -0.487 e. The molecule has 3 rings (SSSR count). The van der Waals surface area contributed by atoms with Crippen LogP contribution < -0.4 is 14.8 Å². The Morgan fingerprint density at radius 1 is 1.00 bits per heavy atom. The van der Waals surface area contributed by atoms with Crippen molar-refractivity contribution in [2.24, 2.45) is 0 Å². The van der Waals surface area contributed by atoms with Gasteiger partial charge in [-0.15, -0.1) is 0 Å². The molecular weight excluding hydrogens is 366 g/mol. The van der Waals surface area contributed by atoms with Crippen molar-refractivity contribution >= 4 is 5.91 Å². The van der Waals surface area contributed by atoms with Crippen LogP contribution in [0.2, 0.25) is 0 Å². The standard InChI is InChI=1S/C21H18F2N2O3/c22-21(23)28-19-6-3-4-16(12-19)20(26)25-13-15-7-9-18(10-8-15)27-14-17-5-1-2-11-24-17/h1-12,21H,13-14H2,(H,25,26). The number of hydrogen-bond donors (Lipinski definition) is 1. The molecule has 3 aromatic rings. The van der Waals surface area contributed by atoms with E-state index in [0.29, 0.717) is 18.9 Å². The minimum absolute atomic E-state index is 0.0583. The summed E-state index contributed by atoms with van der Waals surface area (Å²) in [6.45, 7) is -2.27. The smallest absolute Gasteiger partial charge is 0.387 e. The normalized spacial score (nSPS) is 10.5. The maximum Gasteiger partial charge on any atom is 0.387 e. The van der Waals surface area contributed by atoms with Crippen molar-refractivity contribution in [1.29, 1.82) is 0 Å². The molecule has 28 heavy (non-hydrogen) atoms. The number of ether oxygens (including phenoxy) is 2. The van der Waals surface area contributed by atoms with Crippen molar-refractivity contribution in [3.8, 4) is 11.5 Å². The minimum atomic E-state index is -2.93. The lowest BCUT2D eigenvalue weighted by atomic mass is 10.2. The molecular formula is C21H18F2N2O3. The van der Waals surface area contributed by atoms with E-state index in [1.165, 1.54) is 24.3 Å². The number of nitrogens with one attached hydrogen (secondary N) is 1. The van der Waals surface area contributed by atoms with E-state index in [1.807, 2.05) is 42.5 Å². The molecule has 5 nitrogen and oxygen atoms in total. The predicted octanol–water partition coefficient (Wildman–Crippen LogP) is 4.19. The maximum absolute atomic E-state index is 12.3. The van der Waals surface area contributed by atoms with Gasteiger partial charge in [-0.1, -0.05) is 24.3 Å². The Labute approximate surface area is 160 Å². The number of benzene rings is 2. The van der Waals surface area contributed by atoms with Crippen LogP contribution in [0.1, 0.15) is 21.6 Å². The van der Waals surface area contributed by atoms with Gasteiger partial charge in [0.25, 0.3) is 5.91 Å². The Bertz CT molecular complexity index is 903. The van der Waals surface area contributed by atoms with E-state index in [2.05, 4.69) is 15.0 Å². The monoisotopic (exact) mass is 384 g/mol. The molecule has 1 heterocycles. The number of hydrogen-bond acceptors (Lipinski definition) is 4. The molecule has 1 N–H and O–H groups in total. The average molecular weight is 384 g/mol. The van der Waals surface area contributed by atoms with Gasteiger partial charge in [-0.2, -0.15) is 8.78 Å². The molecule has 1 aromatic heterocycles. The lowest BCUT2D eigenvalue weighted by Crippen LogP contribution is -2.22. The van der Waals surface area contributed by atoms with E-state index in [1.54, 1.807) is 6.20 Å². The van der Waals surface area contributed by atoms with E-state index in [-0.39, 0.29) is 17.2 Å². The molecule has 0 spiro atoms. The van der Waals surface area contributed by atoms with E-state index in [0.717, 1.165) is 11.3 Å². The molecule has 0 aliphatic rings. The van der Waals surface area contributed by atoms with Gasteiger partial charge in [-0.3, -0.25) is 9.78 Å². The van der Waals surface area contributed by atoms with E-state index in [4.69, 9.17) is 4.74 Å². The number of carbonyl (C=O) groups excluding carboxylic acids is 1. The molecule has 1 amide bonds. The predicted molar refractivity (Wildman–Crippen MR) is 99.3 cm³/mol. The van der Waals surface area contributed by atoms with Gasteiger partial charge in [-0.05, 0) is 48.0 Å². The van der Waals surface area contributed by atoms with Gasteiger partial charge in [0, 0.05) is 18.3 Å². The zero-order chi connectivity index (χ0) is 19.8. The summed E-state index contributed by atoms with van der Waals surface area (Å²) in [6.07, 6.45) is 1.71. The van der Waals surface area contributed by atoms with Gasteiger partial charge in [0.1, 0.15) is 18.1 Å². The summed E-state index contributed by atoms with van der Waals surface area (Å²) in [5.41, 5.74) is 1.95. The van der Waals surface area contributed by atoms with Crippen LogP contribution in [0.3, 0.4) is 0 Å². The second-order valence-corrected chi connectivity index (χ2v) is 5.84. The summed E-state index contributed by atoms with van der Waals surface area (Å²) < 4.78 is 34.5. The quantitative estimate of drug-likeness (QED) is 0.633. The third-order valence-electron chi connectivity index (χ3n) is 3.81. The van der Waals surface area contributed by atoms with Gasteiger partial charge in [0.2, 0.25) is 0 Å². The Hall–Kier alpha value is -3.48. The Morgan fingerprint density at radius 3 is 2.54 bits per heavy atom. The highest BCUT2D eigenvalue weighted by atomic mass is 19.3. The van der Waals surface area contributed by atoms with Crippen LogP contribution in [-0.2, 0) is 13.2 Å². The van der Waals surface area contributed by atoms with Crippen LogP contribution in [0.25, 0.3) is 0 Å². The van der Waals surface area contributed by atoms with Gasteiger partial charge in [-0.25, -0.2) is 0 Å². The number of alkyl halides is 2. The molecule has 7 heteroatoms. The highest BCUT2D eigenvalue weighted by molar-refractivity contribution is 5.94. The zero-order valence-electron chi connectivity index (χ0n) is 14.8. The van der Waals surface area contributed by atoms with Crippen LogP contribution in [0.15, 0.2) is 72.9 Å². The van der Waals surface area contributed by atoms with E-state index in [9.17, 15) is 13.6 Å². The van der Waals surface area contributed by atoms with Crippen LogP contribution in [-0.4, -0.2) is 17.5 Å². The maximum atomic E-state index is 12.3. The summed E-state index contributed by atoms with van der Waals surface area (Å²) in [6, 6.07) is 18.6. The number of aromatic nitrogens is 1. The van der Waals surface area contributed by atoms with Crippen LogP contribution in [0.5, 0.6) is 11.5 Å². The third kappa shape index (κ3) is 5.77. The lowest BCUT2D eigenvalue weighted by Gasteiger charge is -2.09. The van der Waals surface area contributed by atoms with Crippen LogP contribution in [0, 0.1) is 0 Å². The van der Waals surface area contributed by atoms with E-state index >= 15 is 0 Å². The Balaban J connectivity index is 1.51. The highest BCUT2D eigenvalue weighted by Gasteiger charge is 2.09. The SMILES string of the molecule is O=C(NCc1ccc(OCc2ccccn2)cc1)c1cccc(OC(F)F)c1. The fourth-order valence-electron chi connectivity index (χ4n) is 2.44. The molecule has 0 saturated heterocycles. The Morgan fingerprint density at radius 2 is 1.82 bits per heavy atom. The molecule has 0 unspecified atom stereocenters. The fraction of sp³-hybridized carbons (Fsp3) is 0.143. The summed E-state index contributed by atoms with van der Waals surface area (Å²) >= 11 is 0. The molecule has 0 bridgehead atoms. The molecule has 2 aromatic carbocycles. The number of amides is 1. The van der Waals surface area contributed by atoms with Crippen molar-refractivity contribution in [2.75, 3.05) is 0 Å². The topological polar surface area (TPSA) is 60.5 Å². The van der Waals surface area contributed by atoms with Gasteiger partial charge < -0.3 is 14.8 Å². The third-order valence-corrected chi connectivity index (χ3v) is 3.81. The first-order chi connectivity index (χ1) is 13.6. The zero-order valence-corrected chi connectivity index (χ0v) is 14.8. The van der Waals surface area contributed by atoms with Gasteiger partial charge >= 0.3 is 6.61 Å². The molecule has 144 valence electrons. The van der Waals surface area contributed by atoms with Crippen molar-refractivity contribution in [3.63, 3.8) is 0 Å². The Kier molecular flexibility index (Phi) is 6.51. The molecule has 0 fully saturated rings. The van der Waals surface area contributed by atoms with Crippen molar-refractivity contribution < 1.29 is 23.0 Å². The summed E-state index contributed by atoms with van der Waals surface area (Å²) in [5.74, 6) is 0.254. The largest absolute Gasteiger partial charge is 0.487 e. The molecule has 0 atom stereocenters. The average Bonchev–Trinajstić information content (AvgIpc) is 2.72. The second kappa shape index (κ2) is 9.45. The van der Waals surface area contributed by atoms with Crippen molar-refractivity contribution in [2.45, 2.75) is 19.8 Å². The van der Waals surface area contributed by atoms with Crippen LogP contribution >= 0.6 is 0 Å². The summed E-state index contributed by atoms with van der Waals surface area (Å²) in [7, 11) is 0. The lowest BCUT2D eigenvalue weighted by molar-refractivity contribution is -0.0498. The van der Waals surface area contributed by atoms with E-state index < -0.39 is 6.61 Å².